The molecule has 1 aromatic carbocycles. The first-order valence-electron chi connectivity index (χ1n) is 7.21. The maximum atomic E-state index is 11.6. The summed E-state index contributed by atoms with van der Waals surface area (Å²) in [4.78, 5) is 22.9. The minimum Gasteiger partial charge on any atom is -0.495 e. The molecule has 3 aromatic rings. The Hall–Kier alpha value is -3.40. The first-order chi connectivity index (χ1) is 12.5. The zero-order chi connectivity index (χ0) is 18.7. The Balaban J connectivity index is 2.10. The quantitative estimate of drug-likeness (QED) is 0.515. The highest BCUT2D eigenvalue weighted by Crippen LogP contribution is 2.39. The van der Waals surface area contributed by atoms with Gasteiger partial charge in [-0.1, -0.05) is 11.6 Å². The summed E-state index contributed by atoms with van der Waals surface area (Å²) in [7, 11) is 2.93. The van der Waals surface area contributed by atoms with Crippen molar-refractivity contribution in [2.75, 3.05) is 19.5 Å². The maximum Gasteiger partial charge on any atom is 0.354 e. The molecule has 26 heavy (non-hydrogen) atoms. The van der Waals surface area contributed by atoms with Crippen LogP contribution in [0.15, 0.2) is 37.2 Å². The van der Waals surface area contributed by atoms with Crippen LogP contribution in [0.4, 0.5) is 17.2 Å². The summed E-state index contributed by atoms with van der Waals surface area (Å²) in [6, 6.07) is 3.09. The number of imidazole rings is 1. The van der Waals surface area contributed by atoms with Gasteiger partial charge in [0.25, 0.3) is 0 Å². The van der Waals surface area contributed by atoms with Gasteiger partial charge < -0.3 is 14.8 Å². The van der Waals surface area contributed by atoms with Gasteiger partial charge in [-0.3, -0.25) is 14.7 Å². The number of nitrogens with one attached hydrogen (secondary N) is 1. The van der Waals surface area contributed by atoms with Crippen molar-refractivity contribution in [3.05, 3.63) is 52.3 Å². The zero-order valence-corrected chi connectivity index (χ0v) is 14.5. The fraction of sp³-hybridized carbons (Fsp3) is 0.133. The van der Waals surface area contributed by atoms with E-state index in [9.17, 15) is 10.1 Å². The van der Waals surface area contributed by atoms with Crippen LogP contribution in [0, 0.1) is 10.1 Å². The average Bonchev–Trinajstić information content (AvgIpc) is 3.16. The van der Waals surface area contributed by atoms with Crippen LogP contribution in [0.2, 0.25) is 5.02 Å². The molecule has 10 nitrogen and oxygen atoms in total. The van der Waals surface area contributed by atoms with Crippen LogP contribution in [0.5, 0.6) is 11.5 Å². The Kier molecular flexibility index (Phi) is 4.85. The summed E-state index contributed by atoms with van der Waals surface area (Å²) >= 11 is 6.14. The van der Waals surface area contributed by atoms with Crippen LogP contribution in [0.3, 0.4) is 0 Å². The van der Waals surface area contributed by atoms with E-state index in [1.807, 2.05) is 0 Å². The highest BCUT2D eigenvalue weighted by Gasteiger charge is 2.25. The molecule has 11 heteroatoms. The molecule has 0 aliphatic rings. The highest BCUT2D eigenvalue weighted by molar-refractivity contribution is 6.32. The molecule has 0 saturated carbocycles. The van der Waals surface area contributed by atoms with Crippen molar-refractivity contribution in [1.29, 1.82) is 0 Å². The summed E-state index contributed by atoms with van der Waals surface area (Å²) in [5.41, 5.74) is 0.0659. The van der Waals surface area contributed by atoms with Crippen molar-refractivity contribution in [3.63, 3.8) is 0 Å². The monoisotopic (exact) mass is 376 g/mol. The molecule has 1 N–H and O–H groups in total. The number of aromatic nitrogens is 4. The normalized spacial score (nSPS) is 10.4. The second-order valence-corrected chi connectivity index (χ2v) is 5.34. The highest BCUT2D eigenvalue weighted by atomic mass is 35.5. The molecule has 0 fully saturated rings. The van der Waals surface area contributed by atoms with Crippen LogP contribution in [0.1, 0.15) is 0 Å². The van der Waals surface area contributed by atoms with Crippen LogP contribution >= 0.6 is 11.6 Å². The van der Waals surface area contributed by atoms with Crippen LogP contribution in [-0.2, 0) is 0 Å². The van der Waals surface area contributed by atoms with Crippen LogP contribution in [0.25, 0.3) is 5.82 Å². The van der Waals surface area contributed by atoms with Crippen molar-refractivity contribution in [3.8, 4) is 17.3 Å². The lowest BCUT2D eigenvalue weighted by molar-refractivity contribution is -0.384. The van der Waals surface area contributed by atoms with Crippen molar-refractivity contribution in [2.24, 2.45) is 0 Å². The first kappa shape index (κ1) is 17.4. The van der Waals surface area contributed by atoms with Gasteiger partial charge in [0.1, 0.15) is 24.2 Å². The number of nitro groups is 1. The standard InChI is InChI=1S/C15H13ClN6O4/c1-25-11-6-12(26-2)10(5-9(11)16)20-14-13(22(23)24)15(19-7-18-14)21-4-3-17-8-21/h3-8H,1-2H3,(H,18,19,20). The molecule has 134 valence electrons. The summed E-state index contributed by atoms with van der Waals surface area (Å²) < 4.78 is 11.8. The van der Waals surface area contributed by atoms with Crippen molar-refractivity contribution in [2.45, 2.75) is 0 Å². The number of hydrogen-bond donors (Lipinski definition) is 1. The maximum absolute atomic E-state index is 11.6. The molecule has 2 aromatic heterocycles. The van der Waals surface area contributed by atoms with E-state index in [0.29, 0.717) is 22.2 Å². The summed E-state index contributed by atoms with van der Waals surface area (Å²) in [6.45, 7) is 0. The fourth-order valence-corrected chi connectivity index (χ4v) is 2.53. The molecule has 0 saturated heterocycles. The Morgan fingerprint density at radius 3 is 2.62 bits per heavy atom. The van der Waals surface area contributed by atoms with Crippen molar-refractivity contribution in [1.82, 2.24) is 19.5 Å². The third-order valence-corrected chi connectivity index (χ3v) is 3.76. The molecule has 0 spiro atoms. The number of rotatable bonds is 6. The topological polar surface area (TPSA) is 117 Å². The van der Waals surface area contributed by atoms with Gasteiger partial charge in [0.2, 0.25) is 11.6 Å². The number of hydrogen-bond acceptors (Lipinski definition) is 8. The predicted molar refractivity (Wildman–Crippen MR) is 93.6 cm³/mol. The predicted octanol–water partition coefficient (Wildman–Crippen LogP) is 2.98. The third-order valence-electron chi connectivity index (χ3n) is 3.46. The van der Waals surface area contributed by atoms with Gasteiger partial charge >= 0.3 is 5.69 Å². The average molecular weight is 377 g/mol. The summed E-state index contributed by atoms with van der Waals surface area (Å²) in [5, 5.41) is 14.8. The minimum absolute atomic E-state index is 0.0202. The lowest BCUT2D eigenvalue weighted by atomic mass is 10.2. The minimum atomic E-state index is -0.574. The van der Waals surface area contributed by atoms with Gasteiger partial charge in [0, 0.05) is 18.5 Å². The molecule has 0 atom stereocenters. The van der Waals surface area contributed by atoms with E-state index in [1.165, 1.54) is 43.7 Å². The summed E-state index contributed by atoms with van der Waals surface area (Å²) in [6.07, 6.45) is 5.65. The van der Waals surface area contributed by atoms with Gasteiger partial charge in [-0.15, -0.1) is 0 Å². The molecule has 0 bridgehead atoms. The Morgan fingerprint density at radius 2 is 2.00 bits per heavy atom. The third kappa shape index (κ3) is 3.22. The molecule has 0 aliphatic carbocycles. The van der Waals surface area contributed by atoms with E-state index in [2.05, 4.69) is 20.3 Å². The van der Waals surface area contributed by atoms with E-state index >= 15 is 0 Å². The fourth-order valence-electron chi connectivity index (χ4n) is 2.29. The molecular weight excluding hydrogens is 364 g/mol. The number of nitrogens with zero attached hydrogens (tertiary/aromatic N) is 5. The van der Waals surface area contributed by atoms with Crippen molar-refractivity contribution >= 4 is 28.8 Å². The Labute approximate surface area is 152 Å². The first-order valence-corrected chi connectivity index (χ1v) is 7.59. The van der Waals surface area contributed by atoms with Crippen LogP contribution in [-0.4, -0.2) is 38.7 Å². The Bertz CT molecular complexity index is 948. The number of methoxy groups -OCH3 is 2. The van der Waals surface area contributed by atoms with Gasteiger partial charge in [0.05, 0.1) is 29.9 Å². The SMILES string of the molecule is COc1cc(OC)c(Nc2ncnc(-n3ccnc3)c2[N+](=O)[O-])cc1Cl. The smallest absolute Gasteiger partial charge is 0.354 e. The molecule has 0 amide bonds. The van der Waals surface area contributed by atoms with Gasteiger partial charge in [-0.2, -0.15) is 0 Å². The largest absolute Gasteiger partial charge is 0.495 e. The number of ether oxygens (including phenoxy) is 2. The zero-order valence-electron chi connectivity index (χ0n) is 13.7. The second kappa shape index (κ2) is 7.23. The van der Waals surface area contributed by atoms with Gasteiger partial charge in [0.15, 0.2) is 0 Å². The van der Waals surface area contributed by atoms with E-state index in [0.717, 1.165) is 0 Å². The summed E-state index contributed by atoms with van der Waals surface area (Å²) in [5.74, 6) is 0.838. The van der Waals surface area contributed by atoms with Gasteiger partial charge in [-0.25, -0.2) is 15.0 Å². The van der Waals surface area contributed by atoms with E-state index in [4.69, 9.17) is 21.1 Å². The van der Waals surface area contributed by atoms with E-state index in [1.54, 1.807) is 12.3 Å². The number of benzene rings is 1. The second-order valence-electron chi connectivity index (χ2n) is 4.93. The molecule has 2 heterocycles. The molecule has 0 aliphatic heterocycles. The molecule has 3 rings (SSSR count). The van der Waals surface area contributed by atoms with E-state index in [-0.39, 0.29) is 17.3 Å². The Morgan fingerprint density at radius 1 is 1.23 bits per heavy atom. The van der Waals surface area contributed by atoms with E-state index < -0.39 is 4.92 Å². The molecule has 0 radical (unpaired) electrons. The van der Waals surface area contributed by atoms with Crippen molar-refractivity contribution < 1.29 is 14.4 Å². The molecule has 0 unspecified atom stereocenters. The van der Waals surface area contributed by atoms with Gasteiger partial charge in [-0.05, 0) is 6.07 Å². The number of anilines is 2. The lowest BCUT2D eigenvalue weighted by Gasteiger charge is -2.14. The lowest BCUT2D eigenvalue weighted by Crippen LogP contribution is -2.07. The van der Waals surface area contributed by atoms with Crippen LogP contribution < -0.4 is 14.8 Å². The molecular formula is C15H13ClN6O4. The number of halogens is 1.